The molecule has 0 amide bonds. The lowest BCUT2D eigenvalue weighted by Crippen LogP contribution is -2.18. The molecule has 2 nitrogen and oxygen atoms in total. The molecule has 0 aromatic heterocycles. The smallest absolute Gasteiger partial charge is 0.122 e. The molecule has 0 unspecified atom stereocenters. The third-order valence-electron chi connectivity index (χ3n) is 3.67. The summed E-state index contributed by atoms with van der Waals surface area (Å²) >= 11 is 0. The maximum Gasteiger partial charge on any atom is 0.122 e. The molecule has 2 aromatic rings. The van der Waals surface area contributed by atoms with Gasteiger partial charge in [0, 0.05) is 6.04 Å². The van der Waals surface area contributed by atoms with E-state index in [0.717, 1.165) is 31.4 Å². The van der Waals surface area contributed by atoms with E-state index in [2.05, 4.69) is 48.5 Å². The molecule has 0 saturated carbocycles. The van der Waals surface area contributed by atoms with E-state index in [1.165, 1.54) is 16.7 Å². The summed E-state index contributed by atoms with van der Waals surface area (Å²) in [5.41, 5.74) is 9.80. The van der Waals surface area contributed by atoms with Gasteiger partial charge in [-0.05, 0) is 55.4 Å². The number of ether oxygens (including phenoxy) is 1. The number of methoxy groups -OCH3 is 1. The molecule has 0 aliphatic rings. The predicted molar refractivity (Wildman–Crippen MR) is 88.8 cm³/mol. The lowest BCUT2D eigenvalue weighted by atomic mass is 10.00. The number of rotatable bonds is 7. The van der Waals surface area contributed by atoms with Gasteiger partial charge in [-0.3, -0.25) is 0 Å². The Hall–Kier alpha value is -1.80. The fourth-order valence-electron chi connectivity index (χ4n) is 2.60. The van der Waals surface area contributed by atoms with E-state index in [1.54, 1.807) is 7.11 Å². The van der Waals surface area contributed by atoms with Crippen molar-refractivity contribution >= 4 is 0 Å². The highest BCUT2D eigenvalue weighted by Crippen LogP contribution is 2.22. The van der Waals surface area contributed by atoms with E-state index >= 15 is 0 Å². The lowest BCUT2D eigenvalue weighted by Gasteiger charge is -2.12. The molecular formula is C19H25NO. The molecule has 0 saturated heterocycles. The van der Waals surface area contributed by atoms with Crippen LogP contribution in [0.25, 0.3) is 0 Å². The summed E-state index contributed by atoms with van der Waals surface area (Å²) in [5.74, 6) is 0.963. The second kappa shape index (κ2) is 7.84. The van der Waals surface area contributed by atoms with E-state index < -0.39 is 0 Å². The van der Waals surface area contributed by atoms with Crippen molar-refractivity contribution in [2.24, 2.45) is 5.73 Å². The molecule has 2 aromatic carbocycles. The fraction of sp³-hybridized carbons (Fsp3) is 0.368. The Bertz CT molecular complexity index is 549. The van der Waals surface area contributed by atoms with E-state index in [9.17, 15) is 0 Å². The van der Waals surface area contributed by atoms with Gasteiger partial charge in [0.2, 0.25) is 0 Å². The van der Waals surface area contributed by atoms with Gasteiger partial charge in [-0.1, -0.05) is 42.5 Å². The zero-order valence-corrected chi connectivity index (χ0v) is 13.0. The summed E-state index contributed by atoms with van der Waals surface area (Å²) in [6.45, 7) is 2.02. The van der Waals surface area contributed by atoms with E-state index in [4.69, 9.17) is 10.5 Å². The molecule has 1 atom stereocenters. The average molecular weight is 283 g/mol. The Balaban J connectivity index is 1.94. The first-order valence-corrected chi connectivity index (χ1v) is 7.64. The molecule has 0 aliphatic heterocycles. The van der Waals surface area contributed by atoms with Crippen molar-refractivity contribution in [1.82, 2.24) is 0 Å². The zero-order valence-electron chi connectivity index (χ0n) is 13.0. The third-order valence-corrected chi connectivity index (χ3v) is 3.67. The highest BCUT2D eigenvalue weighted by Gasteiger charge is 2.07. The van der Waals surface area contributed by atoms with Crippen LogP contribution in [0.4, 0.5) is 0 Å². The first-order valence-electron chi connectivity index (χ1n) is 7.64. The minimum absolute atomic E-state index is 0.155. The van der Waals surface area contributed by atoms with E-state index in [-0.39, 0.29) is 6.04 Å². The van der Waals surface area contributed by atoms with Crippen molar-refractivity contribution in [3.63, 3.8) is 0 Å². The minimum Gasteiger partial charge on any atom is -0.496 e. The quantitative estimate of drug-likeness (QED) is 0.839. The predicted octanol–water partition coefficient (Wildman–Crippen LogP) is 3.76. The van der Waals surface area contributed by atoms with Crippen LogP contribution in [0.15, 0.2) is 48.5 Å². The number of aryl methyl sites for hydroxylation is 2. The van der Waals surface area contributed by atoms with E-state index in [1.807, 2.05) is 6.92 Å². The molecule has 2 heteroatoms. The van der Waals surface area contributed by atoms with Crippen LogP contribution in [0.5, 0.6) is 5.75 Å². The maximum atomic E-state index is 5.88. The summed E-state index contributed by atoms with van der Waals surface area (Å²) < 4.78 is 5.50. The summed E-state index contributed by atoms with van der Waals surface area (Å²) in [6, 6.07) is 17.3. The largest absolute Gasteiger partial charge is 0.496 e. The van der Waals surface area contributed by atoms with Crippen molar-refractivity contribution in [2.75, 3.05) is 7.11 Å². The number of nitrogens with two attached hydrogens (primary N) is 1. The summed E-state index contributed by atoms with van der Waals surface area (Å²) in [5, 5.41) is 0. The van der Waals surface area contributed by atoms with Gasteiger partial charge in [0.15, 0.2) is 0 Å². The SMILES string of the molecule is COc1cc(CCCc2ccccc2)ccc1C[C@H](C)N. The normalized spacial score (nSPS) is 12.1. The minimum atomic E-state index is 0.155. The van der Waals surface area contributed by atoms with Crippen LogP contribution in [-0.2, 0) is 19.3 Å². The molecular weight excluding hydrogens is 258 g/mol. The van der Waals surface area contributed by atoms with Gasteiger partial charge >= 0.3 is 0 Å². The molecule has 0 heterocycles. The molecule has 0 bridgehead atoms. The topological polar surface area (TPSA) is 35.2 Å². The second-order valence-electron chi connectivity index (χ2n) is 5.67. The Kier molecular flexibility index (Phi) is 5.82. The highest BCUT2D eigenvalue weighted by molar-refractivity contribution is 5.38. The van der Waals surface area contributed by atoms with Crippen LogP contribution in [0, 0.1) is 0 Å². The molecule has 0 fully saturated rings. The average Bonchev–Trinajstić information content (AvgIpc) is 2.49. The van der Waals surface area contributed by atoms with Gasteiger partial charge in [-0.25, -0.2) is 0 Å². The van der Waals surface area contributed by atoms with Crippen LogP contribution in [0.2, 0.25) is 0 Å². The third kappa shape index (κ3) is 4.91. The van der Waals surface area contributed by atoms with Crippen molar-refractivity contribution in [1.29, 1.82) is 0 Å². The summed E-state index contributed by atoms with van der Waals surface area (Å²) in [6.07, 6.45) is 4.20. The van der Waals surface area contributed by atoms with E-state index in [0.29, 0.717) is 0 Å². The number of benzene rings is 2. The molecule has 0 spiro atoms. The van der Waals surface area contributed by atoms with Crippen molar-refractivity contribution in [3.8, 4) is 5.75 Å². The lowest BCUT2D eigenvalue weighted by molar-refractivity contribution is 0.407. The van der Waals surface area contributed by atoms with Gasteiger partial charge in [0.1, 0.15) is 5.75 Å². The Labute approximate surface area is 127 Å². The number of hydrogen-bond donors (Lipinski definition) is 1. The summed E-state index contributed by atoms with van der Waals surface area (Å²) in [4.78, 5) is 0. The monoisotopic (exact) mass is 283 g/mol. The van der Waals surface area contributed by atoms with Gasteiger partial charge in [-0.15, -0.1) is 0 Å². The van der Waals surface area contributed by atoms with Gasteiger partial charge < -0.3 is 10.5 Å². The fourth-order valence-corrected chi connectivity index (χ4v) is 2.60. The Morgan fingerprint density at radius 3 is 2.38 bits per heavy atom. The molecule has 21 heavy (non-hydrogen) atoms. The van der Waals surface area contributed by atoms with Crippen molar-refractivity contribution in [3.05, 3.63) is 65.2 Å². The molecule has 112 valence electrons. The molecule has 2 rings (SSSR count). The van der Waals surface area contributed by atoms with Crippen LogP contribution < -0.4 is 10.5 Å². The number of hydrogen-bond acceptors (Lipinski definition) is 2. The Morgan fingerprint density at radius 2 is 1.71 bits per heavy atom. The van der Waals surface area contributed by atoms with Gasteiger partial charge in [-0.2, -0.15) is 0 Å². The standard InChI is InChI=1S/C19H25NO/c1-15(20)13-18-12-11-17(14-19(18)21-2)10-6-9-16-7-4-3-5-8-16/h3-5,7-8,11-12,14-15H,6,9-10,13,20H2,1-2H3/t15-/m0/s1. The summed E-state index contributed by atoms with van der Waals surface area (Å²) in [7, 11) is 1.73. The van der Waals surface area contributed by atoms with Crippen LogP contribution in [0.3, 0.4) is 0 Å². The molecule has 2 N–H and O–H groups in total. The van der Waals surface area contributed by atoms with Crippen LogP contribution in [0.1, 0.15) is 30.0 Å². The molecule has 0 radical (unpaired) electrons. The van der Waals surface area contributed by atoms with Crippen LogP contribution >= 0.6 is 0 Å². The Morgan fingerprint density at radius 1 is 1.00 bits per heavy atom. The maximum absolute atomic E-state index is 5.88. The zero-order chi connectivity index (χ0) is 15.1. The van der Waals surface area contributed by atoms with Gasteiger partial charge in [0.05, 0.1) is 7.11 Å². The van der Waals surface area contributed by atoms with Gasteiger partial charge in [0.25, 0.3) is 0 Å². The highest BCUT2D eigenvalue weighted by atomic mass is 16.5. The first kappa shape index (κ1) is 15.6. The van der Waals surface area contributed by atoms with Crippen molar-refractivity contribution in [2.45, 2.75) is 38.6 Å². The second-order valence-corrected chi connectivity index (χ2v) is 5.67. The van der Waals surface area contributed by atoms with Crippen LogP contribution in [-0.4, -0.2) is 13.2 Å². The van der Waals surface area contributed by atoms with Crippen molar-refractivity contribution < 1.29 is 4.74 Å². The first-order chi connectivity index (χ1) is 10.2. The molecule has 0 aliphatic carbocycles.